The minimum Gasteiger partial charge on any atom is -0.459 e. The zero-order valence-corrected chi connectivity index (χ0v) is 10.9. The standard InChI is InChI=1S/C13H20N2O3/c1-10-3-8-18-12(10)13(17)15-6-4-14(5-7-15)9-11(2)16/h3,8,11,16H,4-7,9H2,1-2H3. The van der Waals surface area contributed by atoms with E-state index in [2.05, 4.69) is 4.90 Å². The molecule has 1 fully saturated rings. The number of aliphatic hydroxyl groups is 1. The first kappa shape index (κ1) is 13.1. The third-order valence-electron chi connectivity index (χ3n) is 3.24. The molecule has 0 radical (unpaired) electrons. The molecule has 1 aliphatic rings. The minimum atomic E-state index is -0.320. The van der Waals surface area contributed by atoms with E-state index in [0.717, 1.165) is 18.7 Å². The van der Waals surface area contributed by atoms with Crippen LogP contribution in [0, 0.1) is 6.92 Å². The first-order chi connectivity index (χ1) is 8.58. The highest BCUT2D eigenvalue weighted by Gasteiger charge is 2.25. The number of nitrogens with zero attached hydrogens (tertiary/aromatic N) is 2. The predicted molar refractivity (Wildman–Crippen MR) is 67.5 cm³/mol. The number of hydrogen-bond donors (Lipinski definition) is 1. The van der Waals surface area contributed by atoms with Gasteiger partial charge in [-0.15, -0.1) is 0 Å². The summed E-state index contributed by atoms with van der Waals surface area (Å²) in [6.45, 7) is 7.30. The highest BCUT2D eigenvalue weighted by Crippen LogP contribution is 2.13. The molecule has 2 rings (SSSR count). The van der Waals surface area contributed by atoms with Crippen molar-refractivity contribution in [2.24, 2.45) is 0 Å². The normalized spacial score (nSPS) is 18.9. The van der Waals surface area contributed by atoms with Crippen molar-refractivity contribution in [3.05, 3.63) is 23.7 Å². The van der Waals surface area contributed by atoms with Crippen molar-refractivity contribution in [1.29, 1.82) is 0 Å². The van der Waals surface area contributed by atoms with Gasteiger partial charge in [0.2, 0.25) is 0 Å². The first-order valence-electron chi connectivity index (χ1n) is 6.31. The maximum atomic E-state index is 12.2. The Morgan fingerprint density at radius 1 is 1.44 bits per heavy atom. The molecule has 5 heteroatoms. The smallest absolute Gasteiger partial charge is 0.289 e. The molecule has 1 saturated heterocycles. The van der Waals surface area contributed by atoms with Gasteiger partial charge in [-0.1, -0.05) is 0 Å². The van der Waals surface area contributed by atoms with Gasteiger partial charge in [-0.25, -0.2) is 0 Å². The quantitative estimate of drug-likeness (QED) is 0.861. The Morgan fingerprint density at radius 2 is 2.11 bits per heavy atom. The SMILES string of the molecule is Cc1ccoc1C(=O)N1CCN(CC(C)O)CC1. The Hall–Kier alpha value is -1.33. The molecule has 18 heavy (non-hydrogen) atoms. The average molecular weight is 252 g/mol. The highest BCUT2D eigenvalue weighted by molar-refractivity contribution is 5.92. The Kier molecular flexibility index (Phi) is 4.04. The minimum absolute atomic E-state index is 0.0332. The maximum absolute atomic E-state index is 12.2. The summed E-state index contributed by atoms with van der Waals surface area (Å²) in [4.78, 5) is 16.2. The number of aryl methyl sites for hydroxylation is 1. The fourth-order valence-electron chi connectivity index (χ4n) is 2.24. The number of hydrogen-bond acceptors (Lipinski definition) is 4. The predicted octanol–water partition coefficient (Wildman–Crippen LogP) is 0.727. The van der Waals surface area contributed by atoms with Gasteiger partial charge in [0, 0.05) is 38.3 Å². The van der Waals surface area contributed by atoms with Crippen molar-refractivity contribution in [1.82, 2.24) is 9.80 Å². The molecule has 0 spiro atoms. The monoisotopic (exact) mass is 252 g/mol. The topological polar surface area (TPSA) is 56.9 Å². The molecule has 1 aromatic heterocycles. The van der Waals surface area contributed by atoms with Crippen LogP contribution in [0.4, 0.5) is 0 Å². The van der Waals surface area contributed by atoms with Crippen molar-refractivity contribution in [2.45, 2.75) is 20.0 Å². The lowest BCUT2D eigenvalue weighted by Crippen LogP contribution is -2.50. The molecule has 5 nitrogen and oxygen atoms in total. The number of rotatable bonds is 3. The summed E-state index contributed by atoms with van der Waals surface area (Å²) in [6.07, 6.45) is 1.23. The van der Waals surface area contributed by atoms with Gasteiger partial charge in [-0.05, 0) is 19.9 Å². The van der Waals surface area contributed by atoms with E-state index in [-0.39, 0.29) is 12.0 Å². The second-order valence-electron chi connectivity index (χ2n) is 4.87. The number of carbonyl (C=O) groups excluding carboxylic acids is 1. The van der Waals surface area contributed by atoms with Crippen molar-refractivity contribution in [3.8, 4) is 0 Å². The van der Waals surface area contributed by atoms with Crippen LogP contribution in [0.3, 0.4) is 0 Å². The van der Waals surface area contributed by atoms with E-state index in [4.69, 9.17) is 4.42 Å². The van der Waals surface area contributed by atoms with Crippen LogP contribution in [0.2, 0.25) is 0 Å². The van der Waals surface area contributed by atoms with Crippen LogP contribution in [-0.2, 0) is 0 Å². The lowest BCUT2D eigenvalue weighted by molar-refractivity contribution is 0.0527. The Bertz CT molecular complexity index is 406. The molecular formula is C13H20N2O3. The van der Waals surface area contributed by atoms with E-state index in [1.807, 2.05) is 11.8 Å². The van der Waals surface area contributed by atoms with Gasteiger partial charge < -0.3 is 14.4 Å². The molecule has 0 aromatic carbocycles. The zero-order chi connectivity index (χ0) is 13.1. The van der Waals surface area contributed by atoms with Gasteiger partial charge in [0.05, 0.1) is 12.4 Å². The molecule has 0 aliphatic carbocycles. The molecule has 0 bridgehead atoms. The fourth-order valence-corrected chi connectivity index (χ4v) is 2.24. The second-order valence-corrected chi connectivity index (χ2v) is 4.87. The Morgan fingerprint density at radius 3 is 2.61 bits per heavy atom. The van der Waals surface area contributed by atoms with Gasteiger partial charge in [0.15, 0.2) is 5.76 Å². The second kappa shape index (κ2) is 5.54. The zero-order valence-electron chi connectivity index (χ0n) is 10.9. The van der Waals surface area contributed by atoms with Crippen LogP contribution in [0.15, 0.2) is 16.7 Å². The molecule has 100 valence electrons. The van der Waals surface area contributed by atoms with Crippen LogP contribution in [0.25, 0.3) is 0 Å². The summed E-state index contributed by atoms with van der Waals surface area (Å²) in [6, 6.07) is 1.80. The largest absolute Gasteiger partial charge is 0.459 e. The molecule has 1 aromatic rings. The van der Waals surface area contributed by atoms with E-state index in [0.29, 0.717) is 25.4 Å². The molecule has 1 unspecified atom stereocenters. The number of amides is 1. The maximum Gasteiger partial charge on any atom is 0.289 e. The summed E-state index contributed by atoms with van der Waals surface area (Å²) in [5.41, 5.74) is 0.881. The first-order valence-corrected chi connectivity index (χ1v) is 6.31. The van der Waals surface area contributed by atoms with Crippen LogP contribution >= 0.6 is 0 Å². The molecule has 0 saturated carbocycles. The number of piperazine rings is 1. The van der Waals surface area contributed by atoms with Gasteiger partial charge >= 0.3 is 0 Å². The Balaban J connectivity index is 1.90. The van der Waals surface area contributed by atoms with Crippen LogP contribution in [0.1, 0.15) is 23.0 Å². The molecule has 1 aliphatic heterocycles. The molecule has 1 atom stereocenters. The average Bonchev–Trinajstić information content (AvgIpc) is 2.75. The number of β-amino-alcohol motifs (C(OH)–C–C–N with tert-alkyl or cyclic N) is 1. The third kappa shape index (κ3) is 2.91. The molecule has 1 amide bonds. The van der Waals surface area contributed by atoms with Crippen molar-refractivity contribution in [3.63, 3.8) is 0 Å². The number of aliphatic hydroxyl groups excluding tert-OH is 1. The molecule has 1 N–H and O–H groups in total. The van der Waals surface area contributed by atoms with Crippen molar-refractivity contribution >= 4 is 5.91 Å². The van der Waals surface area contributed by atoms with Gasteiger partial charge in [0.1, 0.15) is 0 Å². The van der Waals surface area contributed by atoms with Crippen LogP contribution < -0.4 is 0 Å². The summed E-state index contributed by atoms with van der Waals surface area (Å²) >= 11 is 0. The van der Waals surface area contributed by atoms with Crippen molar-refractivity contribution < 1.29 is 14.3 Å². The summed E-state index contributed by atoms with van der Waals surface area (Å²) in [5, 5.41) is 9.33. The van der Waals surface area contributed by atoms with Crippen molar-refractivity contribution in [2.75, 3.05) is 32.7 Å². The summed E-state index contributed by atoms with van der Waals surface area (Å²) in [7, 11) is 0. The van der Waals surface area contributed by atoms with Gasteiger partial charge in [0.25, 0.3) is 5.91 Å². The lowest BCUT2D eigenvalue weighted by Gasteiger charge is -2.34. The lowest BCUT2D eigenvalue weighted by atomic mass is 10.2. The highest BCUT2D eigenvalue weighted by atomic mass is 16.3. The van der Waals surface area contributed by atoms with E-state index >= 15 is 0 Å². The van der Waals surface area contributed by atoms with Crippen LogP contribution in [0.5, 0.6) is 0 Å². The van der Waals surface area contributed by atoms with Gasteiger partial charge in [-0.3, -0.25) is 9.69 Å². The summed E-state index contributed by atoms with van der Waals surface area (Å²) < 4.78 is 5.23. The molecular weight excluding hydrogens is 232 g/mol. The summed E-state index contributed by atoms with van der Waals surface area (Å²) in [5.74, 6) is 0.410. The number of furan rings is 1. The van der Waals surface area contributed by atoms with E-state index in [9.17, 15) is 9.90 Å². The molecule has 2 heterocycles. The third-order valence-corrected chi connectivity index (χ3v) is 3.24. The van der Waals surface area contributed by atoms with Gasteiger partial charge in [-0.2, -0.15) is 0 Å². The number of carbonyl (C=O) groups is 1. The van der Waals surface area contributed by atoms with E-state index < -0.39 is 0 Å². The van der Waals surface area contributed by atoms with E-state index in [1.54, 1.807) is 19.3 Å². The fraction of sp³-hybridized carbons (Fsp3) is 0.615. The Labute approximate surface area is 107 Å². The van der Waals surface area contributed by atoms with Crippen LogP contribution in [-0.4, -0.2) is 59.6 Å². The van der Waals surface area contributed by atoms with E-state index in [1.165, 1.54) is 0 Å².